The minimum atomic E-state index is -0.780. The first kappa shape index (κ1) is 68.1. The van der Waals surface area contributed by atoms with Crippen molar-refractivity contribution in [3.05, 3.63) is 60.8 Å². The van der Waals surface area contributed by atoms with E-state index in [2.05, 4.69) is 81.5 Å². The van der Waals surface area contributed by atoms with Crippen molar-refractivity contribution in [3.8, 4) is 0 Å². The highest BCUT2D eigenvalue weighted by molar-refractivity contribution is 5.71. The van der Waals surface area contributed by atoms with Crippen LogP contribution in [-0.4, -0.2) is 37.2 Å². The van der Waals surface area contributed by atoms with Crippen molar-refractivity contribution in [1.29, 1.82) is 0 Å². The highest BCUT2D eigenvalue weighted by atomic mass is 16.6. The van der Waals surface area contributed by atoms with E-state index in [1.165, 1.54) is 180 Å². The van der Waals surface area contributed by atoms with Crippen LogP contribution in [0.25, 0.3) is 0 Å². The van der Waals surface area contributed by atoms with E-state index in [1.807, 2.05) is 0 Å². The molecule has 0 bridgehead atoms. The van der Waals surface area contributed by atoms with Gasteiger partial charge in [-0.3, -0.25) is 14.4 Å². The van der Waals surface area contributed by atoms with E-state index in [4.69, 9.17) is 14.2 Å². The largest absolute Gasteiger partial charge is 0.462 e. The maximum absolute atomic E-state index is 12.9. The minimum Gasteiger partial charge on any atom is -0.462 e. The molecule has 0 aliphatic rings. The van der Waals surface area contributed by atoms with Gasteiger partial charge in [-0.1, -0.05) is 274 Å². The summed E-state index contributed by atoms with van der Waals surface area (Å²) in [6.45, 7) is 6.54. The number of unbranched alkanes of at least 4 members (excludes halogenated alkanes) is 35. The van der Waals surface area contributed by atoms with Crippen LogP contribution in [0.5, 0.6) is 0 Å². The number of hydrogen-bond acceptors (Lipinski definition) is 6. The van der Waals surface area contributed by atoms with Gasteiger partial charge in [-0.15, -0.1) is 0 Å². The van der Waals surface area contributed by atoms with E-state index in [9.17, 15) is 14.4 Å². The minimum absolute atomic E-state index is 0.0774. The molecule has 0 fully saturated rings. The number of allylic oxidation sites excluding steroid dienone is 10. The Morgan fingerprint density at radius 1 is 0.296 bits per heavy atom. The molecule has 6 nitrogen and oxygen atoms in total. The molecular formula is C65H116O6. The first-order valence-electron chi connectivity index (χ1n) is 30.8. The number of ether oxygens (including phenoxy) is 3. The normalized spacial score (nSPS) is 12.4. The van der Waals surface area contributed by atoms with Crippen LogP contribution in [0.3, 0.4) is 0 Å². The zero-order valence-electron chi connectivity index (χ0n) is 47.2. The second-order valence-corrected chi connectivity index (χ2v) is 20.6. The van der Waals surface area contributed by atoms with Crippen molar-refractivity contribution in [1.82, 2.24) is 0 Å². The van der Waals surface area contributed by atoms with Crippen LogP contribution < -0.4 is 0 Å². The highest BCUT2D eigenvalue weighted by Crippen LogP contribution is 2.16. The predicted octanol–water partition coefficient (Wildman–Crippen LogP) is 20.8. The zero-order chi connectivity index (χ0) is 51.4. The van der Waals surface area contributed by atoms with E-state index in [0.717, 1.165) is 96.3 Å². The lowest BCUT2D eigenvalue weighted by Crippen LogP contribution is -2.30. The summed E-state index contributed by atoms with van der Waals surface area (Å²) in [5.41, 5.74) is 0. The fourth-order valence-corrected chi connectivity index (χ4v) is 8.90. The molecule has 71 heavy (non-hydrogen) atoms. The molecule has 0 spiro atoms. The molecule has 0 rings (SSSR count). The van der Waals surface area contributed by atoms with E-state index in [1.54, 1.807) is 0 Å². The molecule has 0 aromatic carbocycles. The summed E-state index contributed by atoms with van der Waals surface area (Å²) < 4.78 is 16.9. The molecule has 0 amide bonds. The summed E-state index contributed by atoms with van der Waals surface area (Å²) in [6.07, 6.45) is 75.1. The lowest BCUT2D eigenvalue weighted by Gasteiger charge is -2.18. The number of carbonyl (C=O) groups is 3. The molecule has 6 heteroatoms. The van der Waals surface area contributed by atoms with Gasteiger partial charge in [0.05, 0.1) is 0 Å². The maximum Gasteiger partial charge on any atom is 0.306 e. The van der Waals surface area contributed by atoms with Crippen molar-refractivity contribution in [3.63, 3.8) is 0 Å². The third kappa shape index (κ3) is 57.9. The first-order valence-corrected chi connectivity index (χ1v) is 30.8. The van der Waals surface area contributed by atoms with Crippen LogP contribution in [-0.2, 0) is 28.6 Å². The molecule has 0 radical (unpaired) electrons. The average Bonchev–Trinajstić information content (AvgIpc) is 3.37. The Hall–Kier alpha value is -2.89. The lowest BCUT2D eigenvalue weighted by atomic mass is 10.0. The Bertz CT molecular complexity index is 1280. The summed E-state index contributed by atoms with van der Waals surface area (Å²) >= 11 is 0. The van der Waals surface area contributed by atoms with Crippen molar-refractivity contribution in [2.75, 3.05) is 13.2 Å². The third-order valence-electron chi connectivity index (χ3n) is 13.5. The van der Waals surface area contributed by atoms with Crippen LogP contribution in [0.1, 0.15) is 316 Å². The van der Waals surface area contributed by atoms with E-state index in [-0.39, 0.29) is 31.1 Å². The molecule has 0 N–H and O–H groups in total. The molecule has 0 saturated carbocycles. The quantitative estimate of drug-likeness (QED) is 0.0261. The summed E-state index contributed by atoms with van der Waals surface area (Å²) in [7, 11) is 0. The monoisotopic (exact) mass is 993 g/mol. The van der Waals surface area contributed by atoms with Crippen LogP contribution in [0.4, 0.5) is 0 Å². The summed E-state index contributed by atoms with van der Waals surface area (Å²) in [4.78, 5) is 38.2. The van der Waals surface area contributed by atoms with Crippen LogP contribution in [0.2, 0.25) is 0 Å². The first-order chi connectivity index (χ1) is 35.0. The van der Waals surface area contributed by atoms with Crippen molar-refractivity contribution in [2.45, 2.75) is 322 Å². The number of rotatable bonds is 56. The van der Waals surface area contributed by atoms with Crippen LogP contribution in [0, 0.1) is 0 Å². The molecule has 0 aromatic rings. The Balaban J connectivity index is 4.29. The van der Waals surface area contributed by atoms with Gasteiger partial charge in [-0.25, -0.2) is 0 Å². The van der Waals surface area contributed by atoms with E-state index < -0.39 is 6.10 Å². The van der Waals surface area contributed by atoms with Crippen molar-refractivity contribution < 1.29 is 28.6 Å². The Kier molecular flexibility index (Phi) is 57.2. The van der Waals surface area contributed by atoms with Gasteiger partial charge in [0, 0.05) is 19.3 Å². The van der Waals surface area contributed by atoms with Gasteiger partial charge >= 0.3 is 17.9 Å². The van der Waals surface area contributed by atoms with Gasteiger partial charge in [0.2, 0.25) is 0 Å². The predicted molar refractivity (Wildman–Crippen MR) is 307 cm³/mol. The molecule has 0 heterocycles. The smallest absolute Gasteiger partial charge is 0.306 e. The molecule has 412 valence electrons. The fraction of sp³-hybridized carbons (Fsp3) is 0.800. The zero-order valence-corrected chi connectivity index (χ0v) is 47.2. The molecule has 1 atom stereocenters. The van der Waals surface area contributed by atoms with Crippen LogP contribution in [0.15, 0.2) is 60.8 Å². The second kappa shape index (κ2) is 59.7. The molecule has 1 unspecified atom stereocenters. The standard InChI is InChI=1S/C65H116O6/c1-4-7-10-13-16-19-22-24-26-28-30-31-32-33-35-36-38-40-43-46-49-52-55-58-64(67)70-61-62(60-69-63(66)57-54-51-48-45-42-21-18-15-12-9-6-3)71-65(68)59-56-53-50-47-44-41-39-37-34-29-27-25-23-20-17-14-11-8-5-2/h8,11,17,20,25,27-28,30,34,37,62H,4-7,9-10,12-16,18-19,21-24,26,29,31-33,35-36,38-61H2,1-3H3/b11-8-,20-17-,27-25-,30-28-,37-34-. The maximum atomic E-state index is 12.9. The van der Waals surface area contributed by atoms with Crippen molar-refractivity contribution in [2.24, 2.45) is 0 Å². The number of carbonyl (C=O) groups excluding carboxylic acids is 3. The van der Waals surface area contributed by atoms with Crippen LogP contribution >= 0.6 is 0 Å². The number of esters is 3. The summed E-state index contributed by atoms with van der Waals surface area (Å²) in [6, 6.07) is 0. The Morgan fingerprint density at radius 3 is 0.873 bits per heavy atom. The molecular weight excluding hydrogens is 877 g/mol. The lowest BCUT2D eigenvalue weighted by molar-refractivity contribution is -0.167. The van der Waals surface area contributed by atoms with Gasteiger partial charge in [0.25, 0.3) is 0 Å². The van der Waals surface area contributed by atoms with Gasteiger partial charge in [-0.05, 0) is 83.5 Å². The fourth-order valence-electron chi connectivity index (χ4n) is 8.90. The Labute approximate surface area is 440 Å². The molecule has 0 aromatic heterocycles. The third-order valence-corrected chi connectivity index (χ3v) is 13.5. The molecule has 0 saturated heterocycles. The summed E-state index contributed by atoms with van der Waals surface area (Å²) in [5.74, 6) is -0.878. The number of hydrogen-bond donors (Lipinski definition) is 0. The highest BCUT2D eigenvalue weighted by Gasteiger charge is 2.19. The van der Waals surface area contributed by atoms with Gasteiger partial charge in [0.1, 0.15) is 13.2 Å². The molecule has 0 aliphatic heterocycles. The van der Waals surface area contributed by atoms with Gasteiger partial charge in [0.15, 0.2) is 6.10 Å². The second-order valence-electron chi connectivity index (χ2n) is 20.6. The van der Waals surface area contributed by atoms with E-state index in [0.29, 0.717) is 19.3 Å². The molecule has 0 aliphatic carbocycles. The van der Waals surface area contributed by atoms with E-state index >= 15 is 0 Å². The topological polar surface area (TPSA) is 78.9 Å². The average molecular weight is 994 g/mol. The SMILES string of the molecule is CC/C=C\C/C=C\C/C=C\C/C=C\CCCCCCCCC(=O)OC(COC(=O)CCCCCCCCCCCCC)COC(=O)CCCCCCCCCCCCC/C=C\CCCCCCCCCC. The summed E-state index contributed by atoms with van der Waals surface area (Å²) in [5, 5.41) is 0. The van der Waals surface area contributed by atoms with Crippen molar-refractivity contribution >= 4 is 17.9 Å². The van der Waals surface area contributed by atoms with Gasteiger partial charge in [-0.2, -0.15) is 0 Å². The van der Waals surface area contributed by atoms with Gasteiger partial charge < -0.3 is 14.2 Å². The Morgan fingerprint density at radius 2 is 0.549 bits per heavy atom.